The molecule has 1 saturated carbocycles. The summed E-state index contributed by atoms with van der Waals surface area (Å²) in [4.78, 5) is 11.3. The molecule has 1 rings (SSSR count). The number of nitrogens with one attached hydrogen (secondary N) is 2. The van der Waals surface area contributed by atoms with E-state index < -0.39 is 0 Å². The summed E-state index contributed by atoms with van der Waals surface area (Å²) in [7, 11) is 0. The Hall–Kier alpha value is -0.570. The summed E-state index contributed by atoms with van der Waals surface area (Å²) < 4.78 is 0. The van der Waals surface area contributed by atoms with Gasteiger partial charge in [-0.15, -0.1) is 0 Å². The van der Waals surface area contributed by atoms with Gasteiger partial charge in [0.1, 0.15) is 0 Å². The van der Waals surface area contributed by atoms with E-state index in [1.807, 2.05) is 0 Å². The minimum absolute atomic E-state index is 0.195. The highest BCUT2D eigenvalue weighted by Crippen LogP contribution is 2.18. The van der Waals surface area contributed by atoms with Gasteiger partial charge < -0.3 is 10.6 Å². The molecule has 2 N–H and O–H groups in total. The van der Waals surface area contributed by atoms with Crippen molar-refractivity contribution in [3.63, 3.8) is 0 Å². The molecule has 0 aromatic carbocycles. The summed E-state index contributed by atoms with van der Waals surface area (Å²) in [5.41, 5.74) is 0.378. The Kier molecular flexibility index (Phi) is 4.58. The smallest absolute Gasteiger partial charge is 0.221 e. The van der Waals surface area contributed by atoms with Crippen molar-refractivity contribution in [2.75, 3.05) is 13.1 Å². The lowest BCUT2D eigenvalue weighted by Crippen LogP contribution is -2.30. The standard InChI is InChI=1S/C12H24N2O/c1-12(2,3)7-9-13-8-6-11(15)14-10-4-5-10/h10,13H,4-9H2,1-3H3,(H,14,15). The van der Waals surface area contributed by atoms with Crippen molar-refractivity contribution in [1.82, 2.24) is 10.6 Å². The molecule has 0 unspecified atom stereocenters. The second-order valence-electron chi connectivity index (χ2n) is 5.65. The molecule has 0 aromatic heterocycles. The van der Waals surface area contributed by atoms with Gasteiger partial charge in [0.25, 0.3) is 0 Å². The predicted molar refractivity (Wildman–Crippen MR) is 62.7 cm³/mol. The van der Waals surface area contributed by atoms with Crippen molar-refractivity contribution in [2.24, 2.45) is 5.41 Å². The van der Waals surface area contributed by atoms with Crippen LogP contribution in [-0.2, 0) is 4.79 Å². The first-order valence-corrected chi connectivity index (χ1v) is 5.97. The molecule has 1 aliphatic rings. The van der Waals surface area contributed by atoms with Gasteiger partial charge in [-0.2, -0.15) is 0 Å². The Morgan fingerprint density at radius 1 is 1.27 bits per heavy atom. The summed E-state index contributed by atoms with van der Waals surface area (Å²) in [6, 6.07) is 0.493. The summed E-state index contributed by atoms with van der Waals surface area (Å²) in [6.07, 6.45) is 4.10. The van der Waals surface area contributed by atoms with E-state index in [2.05, 4.69) is 31.4 Å². The molecule has 0 radical (unpaired) electrons. The molecule has 3 heteroatoms. The normalized spacial score (nSPS) is 16.5. The minimum atomic E-state index is 0.195. The van der Waals surface area contributed by atoms with Crippen LogP contribution in [-0.4, -0.2) is 25.0 Å². The molecule has 3 nitrogen and oxygen atoms in total. The Morgan fingerprint density at radius 2 is 1.93 bits per heavy atom. The third-order valence-corrected chi connectivity index (χ3v) is 2.52. The second kappa shape index (κ2) is 5.50. The maximum absolute atomic E-state index is 11.3. The fraction of sp³-hybridized carbons (Fsp3) is 0.917. The number of hydrogen-bond acceptors (Lipinski definition) is 2. The van der Waals surface area contributed by atoms with E-state index in [4.69, 9.17) is 0 Å². The molecule has 0 atom stereocenters. The van der Waals surface area contributed by atoms with E-state index in [9.17, 15) is 4.79 Å². The maximum Gasteiger partial charge on any atom is 0.221 e. The van der Waals surface area contributed by atoms with E-state index in [0.717, 1.165) is 19.5 Å². The topological polar surface area (TPSA) is 41.1 Å². The SMILES string of the molecule is CC(C)(C)CCNCCC(=O)NC1CC1. The molecule has 0 aliphatic heterocycles. The van der Waals surface area contributed by atoms with Gasteiger partial charge in [-0.3, -0.25) is 4.79 Å². The molecule has 15 heavy (non-hydrogen) atoms. The second-order valence-corrected chi connectivity index (χ2v) is 5.65. The van der Waals surface area contributed by atoms with Crippen LogP contribution in [0.3, 0.4) is 0 Å². The van der Waals surface area contributed by atoms with Gasteiger partial charge in [-0.25, -0.2) is 0 Å². The van der Waals surface area contributed by atoms with Crippen LogP contribution in [0.4, 0.5) is 0 Å². The van der Waals surface area contributed by atoms with Crippen molar-refractivity contribution in [3.05, 3.63) is 0 Å². The molecule has 0 aromatic rings. The third kappa shape index (κ3) is 7.37. The van der Waals surface area contributed by atoms with Crippen LogP contribution < -0.4 is 10.6 Å². The zero-order valence-electron chi connectivity index (χ0n) is 10.2. The number of carbonyl (C=O) groups excluding carboxylic acids is 1. The van der Waals surface area contributed by atoms with Crippen LogP contribution >= 0.6 is 0 Å². The molecule has 1 fully saturated rings. The van der Waals surface area contributed by atoms with Crippen LogP contribution in [0.25, 0.3) is 0 Å². The van der Waals surface area contributed by atoms with Crippen molar-refractivity contribution in [2.45, 2.75) is 52.5 Å². The van der Waals surface area contributed by atoms with Crippen molar-refractivity contribution in [3.8, 4) is 0 Å². The third-order valence-electron chi connectivity index (χ3n) is 2.52. The minimum Gasteiger partial charge on any atom is -0.353 e. The molecular formula is C12H24N2O. The van der Waals surface area contributed by atoms with Crippen LogP contribution in [0.5, 0.6) is 0 Å². The maximum atomic E-state index is 11.3. The quantitative estimate of drug-likeness (QED) is 0.658. The van der Waals surface area contributed by atoms with Crippen LogP contribution in [0.15, 0.2) is 0 Å². The van der Waals surface area contributed by atoms with Gasteiger partial charge in [-0.05, 0) is 31.2 Å². The molecule has 1 aliphatic carbocycles. The molecule has 0 bridgehead atoms. The molecule has 0 spiro atoms. The lowest BCUT2D eigenvalue weighted by atomic mass is 9.92. The van der Waals surface area contributed by atoms with Gasteiger partial charge in [0.2, 0.25) is 5.91 Å². The Morgan fingerprint density at radius 3 is 2.47 bits per heavy atom. The zero-order chi connectivity index (χ0) is 11.3. The van der Waals surface area contributed by atoms with Crippen molar-refractivity contribution >= 4 is 5.91 Å². The fourth-order valence-electron chi connectivity index (χ4n) is 1.32. The van der Waals surface area contributed by atoms with Gasteiger partial charge >= 0.3 is 0 Å². The highest BCUT2D eigenvalue weighted by Gasteiger charge is 2.22. The van der Waals surface area contributed by atoms with Crippen molar-refractivity contribution in [1.29, 1.82) is 0 Å². The largest absolute Gasteiger partial charge is 0.353 e. The Bertz CT molecular complexity index is 204. The van der Waals surface area contributed by atoms with E-state index in [1.54, 1.807) is 0 Å². The summed E-state index contributed by atoms with van der Waals surface area (Å²) in [6.45, 7) is 8.49. The van der Waals surface area contributed by atoms with Crippen LogP contribution in [0.1, 0.15) is 46.5 Å². The zero-order valence-corrected chi connectivity index (χ0v) is 10.2. The van der Waals surface area contributed by atoms with Gasteiger partial charge in [0.15, 0.2) is 0 Å². The first-order chi connectivity index (χ1) is 6.97. The number of carbonyl (C=O) groups is 1. The summed E-state index contributed by atoms with van der Waals surface area (Å²) in [5, 5.41) is 6.29. The highest BCUT2D eigenvalue weighted by molar-refractivity contribution is 5.76. The predicted octanol–water partition coefficient (Wildman–Crippen LogP) is 1.68. The fourth-order valence-corrected chi connectivity index (χ4v) is 1.32. The van der Waals surface area contributed by atoms with Crippen molar-refractivity contribution < 1.29 is 4.79 Å². The molecule has 88 valence electrons. The number of hydrogen-bond donors (Lipinski definition) is 2. The lowest BCUT2D eigenvalue weighted by Gasteiger charge is -2.17. The summed E-state index contributed by atoms with van der Waals surface area (Å²) >= 11 is 0. The Balaban J connectivity index is 1.89. The van der Waals surface area contributed by atoms with E-state index in [1.165, 1.54) is 12.8 Å². The molecular weight excluding hydrogens is 188 g/mol. The molecule has 1 amide bonds. The van der Waals surface area contributed by atoms with Crippen LogP contribution in [0.2, 0.25) is 0 Å². The lowest BCUT2D eigenvalue weighted by molar-refractivity contribution is -0.121. The highest BCUT2D eigenvalue weighted by atomic mass is 16.1. The van der Waals surface area contributed by atoms with Gasteiger partial charge in [-0.1, -0.05) is 20.8 Å². The average Bonchev–Trinajstić information content (AvgIpc) is 2.85. The van der Waals surface area contributed by atoms with Gasteiger partial charge in [0, 0.05) is 19.0 Å². The van der Waals surface area contributed by atoms with E-state index in [0.29, 0.717) is 17.9 Å². The summed E-state index contributed by atoms with van der Waals surface area (Å²) in [5.74, 6) is 0.195. The monoisotopic (exact) mass is 212 g/mol. The van der Waals surface area contributed by atoms with Crippen LogP contribution in [0, 0.1) is 5.41 Å². The number of rotatable bonds is 6. The molecule has 0 saturated heterocycles. The average molecular weight is 212 g/mol. The first kappa shape index (κ1) is 12.5. The van der Waals surface area contributed by atoms with Gasteiger partial charge in [0.05, 0.1) is 0 Å². The number of amides is 1. The van der Waals surface area contributed by atoms with E-state index >= 15 is 0 Å². The Labute approximate surface area is 93.0 Å². The van der Waals surface area contributed by atoms with E-state index in [-0.39, 0.29) is 5.91 Å². The molecule has 0 heterocycles. The first-order valence-electron chi connectivity index (χ1n) is 5.97.